The predicted octanol–water partition coefficient (Wildman–Crippen LogP) is 1.54. The van der Waals surface area contributed by atoms with Crippen LogP contribution in [-0.2, 0) is 0 Å². The molecule has 0 aliphatic rings. The maximum absolute atomic E-state index is 5.42. The number of hydrogen-bond acceptors (Lipinski definition) is 6. The molecule has 2 heterocycles. The number of thiol groups is 1. The van der Waals surface area contributed by atoms with Gasteiger partial charge in [0.05, 0.1) is 9.37 Å². The van der Waals surface area contributed by atoms with E-state index in [0.717, 1.165) is 10.7 Å². The van der Waals surface area contributed by atoms with Gasteiger partial charge in [0.25, 0.3) is 0 Å². The first-order valence-corrected chi connectivity index (χ1v) is 6.23. The zero-order valence-electron chi connectivity index (χ0n) is 7.18. The highest BCUT2D eigenvalue weighted by molar-refractivity contribution is 7.80. The Morgan fingerprint density at radius 1 is 1.36 bits per heavy atom. The standard InChI is InChI=1S/C8H9N3S3/c9-8(12)11-10-6-2-4-14-7-5(6)1-3-13-7/h1-4,8,11-12H,9H2. The largest absolute Gasteiger partial charge is 0.302 e. The summed E-state index contributed by atoms with van der Waals surface area (Å²) in [6.07, 6.45) is 0. The molecule has 0 amide bonds. The summed E-state index contributed by atoms with van der Waals surface area (Å²) >= 11 is 7.41. The van der Waals surface area contributed by atoms with Gasteiger partial charge in [0, 0.05) is 5.39 Å². The third kappa shape index (κ3) is 2.09. The molecule has 74 valence electrons. The van der Waals surface area contributed by atoms with E-state index in [2.05, 4.69) is 34.6 Å². The average molecular weight is 243 g/mol. The van der Waals surface area contributed by atoms with Crippen molar-refractivity contribution in [2.24, 2.45) is 10.8 Å². The van der Waals surface area contributed by atoms with Gasteiger partial charge in [-0.2, -0.15) is 5.10 Å². The summed E-state index contributed by atoms with van der Waals surface area (Å²) in [7, 11) is 0. The SMILES string of the molecule is NC(S)NN=c1ccsc2sccc12. The molecule has 6 heteroatoms. The van der Waals surface area contributed by atoms with Crippen molar-refractivity contribution in [1.29, 1.82) is 0 Å². The van der Waals surface area contributed by atoms with E-state index >= 15 is 0 Å². The van der Waals surface area contributed by atoms with Gasteiger partial charge in [-0.05, 0) is 22.9 Å². The normalized spacial score (nSPS) is 14.6. The van der Waals surface area contributed by atoms with Crippen molar-refractivity contribution in [3.63, 3.8) is 0 Å². The molecule has 0 aromatic carbocycles. The van der Waals surface area contributed by atoms with E-state index in [1.807, 2.05) is 11.4 Å². The maximum atomic E-state index is 5.42. The number of nitrogens with one attached hydrogen (secondary N) is 1. The molecule has 3 nitrogen and oxygen atoms in total. The van der Waals surface area contributed by atoms with Crippen LogP contribution in [0.1, 0.15) is 0 Å². The Kier molecular flexibility index (Phi) is 3.07. The zero-order valence-corrected chi connectivity index (χ0v) is 9.70. The average Bonchev–Trinajstić information content (AvgIpc) is 2.62. The van der Waals surface area contributed by atoms with Crippen molar-refractivity contribution >= 4 is 44.7 Å². The van der Waals surface area contributed by atoms with Crippen molar-refractivity contribution in [2.75, 3.05) is 0 Å². The number of nitrogens with two attached hydrogens (primary N) is 1. The van der Waals surface area contributed by atoms with E-state index in [1.165, 1.54) is 4.01 Å². The fourth-order valence-electron chi connectivity index (χ4n) is 1.06. The van der Waals surface area contributed by atoms with Crippen molar-refractivity contribution in [2.45, 2.75) is 5.50 Å². The summed E-state index contributed by atoms with van der Waals surface area (Å²) in [5, 5.41) is 10.3. The Morgan fingerprint density at radius 2 is 2.07 bits per heavy atom. The van der Waals surface area contributed by atoms with Gasteiger partial charge in [0.2, 0.25) is 0 Å². The molecule has 0 saturated heterocycles. The Bertz CT molecular complexity index is 486. The first-order valence-electron chi connectivity index (χ1n) is 3.95. The second-order valence-electron chi connectivity index (χ2n) is 2.61. The molecule has 0 aliphatic heterocycles. The van der Waals surface area contributed by atoms with Gasteiger partial charge in [-0.15, -0.1) is 35.3 Å². The molecule has 1 unspecified atom stereocenters. The minimum atomic E-state index is -0.424. The van der Waals surface area contributed by atoms with Gasteiger partial charge in [-0.1, -0.05) is 0 Å². The van der Waals surface area contributed by atoms with Gasteiger partial charge in [0.15, 0.2) is 0 Å². The summed E-state index contributed by atoms with van der Waals surface area (Å²) in [6.45, 7) is 0. The number of rotatable bonds is 2. The van der Waals surface area contributed by atoms with E-state index in [0.29, 0.717) is 0 Å². The number of hydrogen-bond donors (Lipinski definition) is 3. The highest BCUT2D eigenvalue weighted by atomic mass is 32.2. The van der Waals surface area contributed by atoms with E-state index in [1.54, 1.807) is 22.7 Å². The van der Waals surface area contributed by atoms with Gasteiger partial charge >= 0.3 is 0 Å². The molecule has 2 rings (SSSR count). The van der Waals surface area contributed by atoms with Crippen molar-refractivity contribution in [3.05, 3.63) is 28.3 Å². The van der Waals surface area contributed by atoms with Crippen LogP contribution >= 0.6 is 35.3 Å². The molecule has 14 heavy (non-hydrogen) atoms. The summed E-state index contributed by atoms with van der Waals surface area (Å²) in [5.74, 6) is 0. The van der Waals surface area contributed by atoms with Crippen LogP contribution in [0.15, 0.2) is 28.0 Å². The van der Waals surface area contributed by atoms with Crippen molar-refractivity contribution in [3.8, 4) is 0 Å². The quantitative estimate of drug-likeness (QED) is 0.426. The van der Waals surface area contributed by atoms with Crippen LogP contribution in [0, 0.1) is 0 Å². The molecule has 0 bridgehead atoms. The summed E-state index contributed by atoms with van der Waals surface area (Å²) < 4.78 is 1.26. The van der Waals surface area contributed by atoms with Crippen molar-refractivity contribution < 1.29 is 0 Å². The molecular formula is C8H9N3S3. The molecule has 0 fully saturated rings. The third-order valence-electron chi connectivity index (χ3n) is 1.62. The van der Waals surface area contributed by atoms with Gasteiger partial charge in [0.1, 0.15) is 5.50 Å². The molecule has 0 spiro atoms. The van der Waals surface area contributed by atoms with Crippen LogP contribution in [0.25, 0.3) is 9.40 Å². The van der Waals surface area contributed by atoms with E-state index in [9.17, 15) is 0 Å². The van der Waals surface area contributed by atoms with Crippen LogP contribution in [0.2, 0.25) is 0 Å². The van der Waals surface area contributed by atoms with Gasteiger partial charge in [-0.25, -0.2) is 0 Å². The number of fused-ring (bicyclic) bond motifs is 1. The monoisotopic (exact) mass is 243 g/mol. The van der Waals surface area contributed by atoms with Crippen LogP contribution < -0.4 is 16.5 Å². The fraction of sp³-hybridized carbons (Fsp3) is 0.125. The minimum Gasteiger partial charge on any atom is -0.302 e. The summed E-state index contributed by atoms with van der Waals surface area (Å²) in [6, 6.07) is 4.02. The number of thiophene rings is 1. The van der Waals surface area contributed by atoms with E-state index in [-0.39, 0.29) is 0 Å². The first-order chi connectivity index (χ1) is 6.77. The van der Waals surface area contributed by atoms with E-state index < -0.39 is 5.50 Å². The summed E-state index contributed by atoms with van der Waals surface area (Å²) in [4.78, 5) is 0. The highest BCUT2D eigenvalue weighted by Gasteiger charge is 1.97. The molecule has 0 aliphatic carbocycles. The molecule has 0 saturated carbocycles. The van der Waals surface area contributed by atoms with Crippen molar-refractivity contribution in [1.82, 2.24) is 5.43 Å². The van der Waals surface area contributed by atoms with Gasteiger partial charge in [-0.3, -0.25) is 5.43 Å². The summed E-state index contributed by atoms with van der Waals surface area (Å²) in [5.41, 5.74) is 7.72. The molecule has 3 N–H and O–H groups in total. The Labute approximate surface area is 94.7 Å². The smallest absolute Gasteiger partial charge is 0.136 e. The van der Waals surface area contributed by atoms with Crippen LogP contribution in [0.4, 0.5) is 0 Å². The second-order valence-corrected chi connectivity index (χ2v) is 5.26. The molecular weight excluding hydrogens is 234 g/mol. The Hall–Kier alpha value is -0.560. The van der Waals surface area contributed by atoms with Crippen LogP contribution in [0.5, 0.6) is 0 Å². The fourth-order valence-corrected chi connectivity index (χ4v) is 2.92. The van der Waals surface area contributed by atoms with E-state index in [4.69, 9.17) is 5.73 Å². The lowest BCUT2D eigenvalue weighted by Crippen LogP contribution is -2.29. The molecule has 2 aromatic rings. The lowest BCUT2D eigenvalue weighted by Gasteiger charge is -2.01. The third-order valence-corrected chi connectivity index (χ3v) is 3.73. The van der Waals surface area contributed by atoms with Crippen LogP contribution in [0.3, 0.4) is 0 Å². The van der Waals surface area contributed by atoms with Crippen LogP contribution in [-0.4, -0.2) is 5.50 Å². The topological polar surface area (TPSA) is 50.4 Å². The second kappa shape index (κ2) is 4.31. The zero-order chi connectivity index (χ0) is 9.97. The molecule has 1 atom stereocenters. The Morgan fingerprint density at radius 3 is 2.79 bits per heavy atom. The predicted molar refractivity (Wildman–Crippen MR) is 65.4 cm³/mol. The lowest BCUT2D eigenvalue weighted by molar-refractivity contribution is 0.697. The number of nitrogens with zero attached hydrogens (tertiary/aromatic N) is 1. The minimum absolute atomic E-state index is 0.424. The lowest BCUT2D eigenvalue weighted by atomic mass is 10.4. The first kappa shape index (κ1) is 9.97. The van der Waals surface area contributed by atoms with Gasteiger partial charge < -0.3 is 5.73 Å². The molecule has 0 radical (unpaired) electrons. The maximum Gasteiger partial charge on any atom is 0.136 e. The highest BCUT2D eigenvalue weighted by Crippen LogP contribution is 2.20. The molecule has 2 aromatic heterocycles. The Balaban J connectivity index is 2.50.